The third-order valence-corrected chi connectivity index (χ3v) is 6.05. The SMILES string of the molecule is Cc1[nH]nc2c1N=C(c1ccccc1Cl)c1cnc(CN3CCN(C)CC3)cc1N2. The number of hydrogen-bond donors (Lipinski definition) is 2. The van der Waals surface area contributed by atoms with Crippen molar-refractivity contribution in [2.45, 2.75) is 13.5 Å². The number of anilines is 2. The van der Waals surface area contributed by atoms with Crippen molar-refractivity contribution >= 4 is 34.5 Å². The molecule has 2 aliphatic heterocycles. The number of halogens is 1. The Kier molecular flexibility index (Phi) is 5.02. The van der Waals surface area contributed by atoms with Crippen LogP contribution < -0.4 is 5.32 Å². The Morgan fingerprint density at radius 3 is 2.70 bits per heavy atom. The number of aromatic amines is 1. The van der Waals surface area contributed by atoms with Crippen molar-refractivity contribution < 1.29 is 0 Å². The lowest BCUT2D eigenvalue weighted by molar-refractivity contribution is 0.147. The predicted octanol–water partition coefficient (Wildman–Crippen LogP) is 3.74. The number of pyridine rings is 1. The molecule has 1 saturated heterocycles. The van der Waals surface area contributed by atoms with Crippen LogP contribution in [0.4, 0.5) is 17.2 Å². The van der Waals surface area contributed by atoms with Gasteiger partial charge in [0, 0.05) is 55.1 Å². The number of aromatic nitrogens is 3. The zero-order valence-electron chi connectivity index (χ0n) is 17.1. The first kappa shape index (κ1) is 19.2. The molecule has 8 heteroatoms. The average Bonchev–Trinajstić information content (AvgIpc) is 2.99. The van der Waals surface area contributed by atoms with E-state index in [-0.39, 0.29) is 0 Å². The van der Waals surface area contributed by atoms with Gasteiger partial charge in [0.15, 0.2) is 5.82 Å². The summed E-state index contributed by atoms with van der Waals surface area (Å²) in [6, 6.07) is 9.88. The number of nitrogens with one attached hydrogen (secondary N) is 2. The maximum Gasteiger partial charge on any atom is 0.178 e. The molecule has 0 bridgehead atoms. The molecular formula is C22H24ClN7. The summed E-state index contributed by atoms with van der Waals surface area (Å²) < 4.78 is 0. The number of H-pyrrole nitrogens is 1. The summed E-state index contributed by atoms with van der Waals surface area (Å²) in [5, 5.41) is 11.6. The van der Waals surface area contributed by atoms with Gasteiger partial charge in [0.25, 0.3) is 0 Å². The summed E-state index contributed by atoms with van der Waals surface area (Å²) in [7, 11) is 2.17. The molecule has 0 aliphatic carbocycles. The monoisotopic (exact) mass is 421 g/mol. The summed E-state index contributed by atoms with van der Waals surface area (Å²) >= 11 is 6.53. The zero-order valence-corrected chi connectivity index (χ0v) is 17.9. The highest BCUT2D eigenvalue weighted by Crippen LogP contribution is 2.37. The van der Waals surface area contributed by atoms with Crippen LogP contribution in [0.25, 0.3) is 0 Å². The number of benzene rings is 1. The van der Waals surface area contributed by atoms with Crippen LogP contribution in [-0.2, 0) is 6.54 Å². The van der Waals surface area contributed by atoms with Gasteiger partial charge in [-0.2, -0.15) is 5.10 Å². The molecule has 7 nitrogen and oxygen atoms in total. The molecule has 30 heavy (non-hydrogen) atoms. The molecule has 1 aromatic carbocycles. The fraction of sp³-hybridized carbons (Fsp3) is 0.318. The number of hydrogen-bond acceptors (Lipinski definition) is 6. The van der Waals surface area contributed by atoms with Gasteiger partial charge in [0.2, 0.25) is 0 Å². The number of nitrogens with zero attached hydrogens (tertiary/aromatic N) is 5. The molecule has 1 fully saturated rings. The van der Waals surface area contributed by atoms with Crippen LogP contribution in [0.5, 0.6) is 0 Å². The molecule has 0 radical (unpaired) electrons. The summed E-state index contributed by atoms with van der Waals surface area (Å²) in [5.74, 6) is 0.715. The second-order valence-corrected chi connectivity index (χ2v) is 8.32. The molecule has 154 valence electrons. The topological polar surface area (TPSA) is 72.4 Å². The molecular weight excluding hydrogens is 398 g/mol. The Morgan fingerprint density at radius 2 is 1.90 bits per heavy atom. The van der Waals surface area contributed by atoms with Gasteiger partial charge in [-0.25, -0.2) is 4.99 Å². The van der Waals surface area contributed by atoms with Gasteiger partial charge in [-0.15, -0.1) is 0 Å². The second kappa shape index (κ2) is 7.83. The minimum Gasteiger partial charge on any atom is -0.336 e. The van der Waals surface area contributed by atoms with E-state index in [4.69, 9.17) is 21.6 Å². The van der Waals surface area contributed by atoms with Gasteiger partial charge < -0.3 is 10.2 Å². The highest BCUT2D eigenvalue weighted by molar-refractivity contribution is 6.36. The van der Waals surface area contributed by atoms with Gasteiger partial charge in [0.05, 0.1) is 22.8 Å². The maximum atomic E-state index is 6.53. The van der Waals surface area contributed by atoms with E-state index in [1.165, 1.54) is 0 Å². The number of likely N-dealkylation sites (N-methyl/N-ethyl adjacent to an activating group) is 1. The van der Waals surface area contributed by atoms with E-state index in [2.05, 4.69) is 38.4 Å². The summed E-state index contributed by atoms with van der Waals surface area (Å²) in [6.07, 6.45) is 1.90. The predicted molar refractivity (Wildman–Crippen MR) is 120 cm³/mol. The Bertz CT molecular complexity index is 1110. The maximum absolute atomic E-state index is 6.53. The lowest BCUT2D eigenvalue weighted by atomic mass is 10.0. The zero-order chi connectivity index (χ0) is 20.7. The molecule has 0 saturated carbocycles. The van der Waals surface area contributed by atoms with E-state index in [0.717, 1.165) is 72.3 Å². The fourth-order valence-corrected chi connectivity index (χ4v) is 4.14. The summed E-state index contributed by atoms with van der Waals surface area (Å²) in [5.41, 5.74) is 6.26. The molecule has 0 amide bonds. The van der Waals surface area contributed by atoms with Crippen LogP contribution in [0.15, 0.2) is 41.5 Å². The number of rotatable bonds is 3. The average molecular weight is 422 g/mol. The van der Waals surface area contributed by atoms with Crippen LogP contribution in [0.3, 0.4) is 0 Å². The van der Waals surface area contributed by atoms with Crippen LogP contribution in [0.1, 0.15) is 22.5 Å². The second-order valence-electron chi connectivity index (χ2n) is 7.91. The fourth-order valence-electron chi connectivity index (χ4n) is 3.92. The third kappa shape index (κ3) is 3.60. The molecule has 2 aliphatic rings. The van der Waals surface area contributed by atoms with E-state index >= 15 is 0 Å². The smallest absolute Gasteiger partial charge is 0.178 e. The van der Waals surface area contributed by atoms with Gasteiger partial charge >= 0.3 is 0 Å². The van der Waals surface area contributed by atoms with Crippen molar-refractivity contribution in [3.05, 3.63) is 64.1 Å². The van der Waals surface area contributed by atoms with E-state index < -0.39 is 0 Å². The van der Waals surface area contributed by atoms with Gasteiger partial charge in [-0.1, -0.05) is 29.8 Å². The Hall–Kier alpha value is -2.74. The van der Waals surface area contributed by atoms with Crippen molar-refractivity contribution in [2.24, 2.45) is 4.99 Å². The molecule has 0 unspecified atom stereocenters. The van der Waals surface area contributed by atoms with Crippen molar-refractivity contribution in [2.75, 3.05) is 38.5 Å². The van der Waals surface area contributed by atoms with Gasteiger partial charge in [-0.05, 0) is 26.1 Å². The van der Waals surface area contributed by atoms with E-state index in [1.54, 1.807) is 0 Å². The van der Waals surface area contributed by atoms with Crippen molar-refractivity contribution in [1.29, 1.82) is 0 Å². The van der Waals surface area contributed by atoms with Crippen molar-refractivity contribution in [3.8, 4) is 0 Å². The number of fused-ring (bicyclic) bond motifs is 2. The lowest BCUT2D eigenvalue weighted by Gasteiger charge is -2.32. The number of piperazine rings is 1. The molecule has 0 atom stereocenters. The Morgan fingerprint density at radius 1 is 1.10 bits per heavy atom. The minimum atomic E-state index is 0.660. The highest BCUT2D eigenvalue weighted by Gasteiger charge is 2.24. The summed E-state index contributed by atoms with van der Waals surface area (Å²) in [4.78, 5) is 14.5. The van der Waals surface area contributed by atoms with Gasteiger partial charge in [0.1, 0.15) is 5.69 Å². The molecule has 2 N–H and O–H groups in total. The first-order chi connectivity index (χ1) is 14.6. The number of aryl methyl sites for hydroxylation is 1. The Balaban J connectivity index is 1.56. The standard InChI is InChI=1S/C22H24ClN7/c1-14-20-22(28-27-14)25-19-11-15(13-30-9-7-29(2)8-10-30)24-12-17(19)21(26-20)16-5-3-4-6-18(16)23/h3-6,11-12H,7-10,13H2,1-2H3,(H2,25,27,28). The normalized spacial score (nSPS) is 17.0. The van der Waals surface area contributed by atoms with Crippen molar-refractivity contribution in [3.63, 3.8) is 0 Å². The molecule has 2 aromatic heterocycles. The van der Waals surface area contributed by atoms with Crippen LogP contribution >= 0.6 is 11.6 Å². The Labute approximate surface area is 180 Å². The molecule has 3 aromatic rings. The number of aliphatic imine (C=N–C) groups is 1. The van der Waals surface area contributed by atoms with Gasteiger partial charge in [-0.3, -0.25) is 15.0 Å². The van der Waals surface area contributed by atoms with E-state index in [9.17, 15) is 0 Å². The van der Waals surface area contributed by atoms with E-state index in [0.29, 0.717) is 10.8 Å². The lowest BCUT2D eigenvalue weighted by Crippen LogP contribution is -2.44. The van der Waals surface area contributed by atoms with Crippen LogP contribution in [-0.4, -0.2) is 63.9 Å². The molecule has 4 heterocycles. The minimum absolute atomic E-state index is 0.660. The molecule has 5 rings (SSSR count). The molecule has 0 spiro atoms. The summed E-state index contributed by atoms with van der Waals surface area (Å²) in [6.45, 7) is 7.07. The largest absolute Gasteiger partial charge is 0.336 e. The van der Waals surface area contributed by atoms with Crippen molar-refractivity contribution in [1.82, 2.24) is 25.0 Å². The first-order valence-electron chi connectivity index (χ1n) is 10.1. The highest BCUT2D eigenvalue weighted by atomic mass is 35.5. The van der Waals surface area contributed by atoms with Crippen LogP contribution in [0.2, 0.25) is 5.02 Å². The first-order valence-corrected chi connectivity index (χ1v) is 10.5. The van der Waals surface area contributed by atoms with E-state index in [1.807, 2.05) is 37.4 Å². The third-order valence-electron chi connectivity index (χ3n) is 5.72. The quantitative estimate of drug-likeness (QED) is 0.527. The van der Waals surface area contributed by atoms with Crippen LogP contribution in [0, 0.1) is 6.92 Å².